The number of nitrogens with one attached hydrogen (secondary N) is 1. The lowest BCUT2D eigenvalue weighted by Crippen LogP contribution is -2.01. The number of hydrogen-bond acceptors (Lipinski definition) is 2. The molecule has 0 unspecified atom stereocenters. The quantitative estimate of drug-likeness (QED) is 0.862. The molecule has 0 saturated carbocycles. The van der Waals surface area contributed by atoms with Crippen LogP contribution in [-0.4, -0.2) is 11.1 Å². The van der Waals surface area contributed by atoms with Gasteiger partial charge < -0.3 is 10.4 Å². The highest BCUT2D eigenvalue weighted by atomic mass is 16.4. The number of carboxylic acids is 1. The highest BCUT2D eigenvalue weighted by Gasteiger charge is 2.04. The molecule has 0 spiro atoms. The number of anilines is 2. The molecule has 2 aromatic carbocycles. The van der Waals surface area contributed by atoms with E-state index in [0.29, 0.717) is 0 Å². The van der Waals surface area contributed by atoms with Gasteiger partial charge in [0.25, 0.3) is 0 Å². The molecule has 0 radical (unpaired) electrons. The van der Waals surface area contributed by atoms with E-state index in [1.807, 2.05) is 55.5 Å². The summed E-state index contributed by atoms with van der Waals surface area (Å²) in [6.45, 7) is 1.97. The number of rotatable bonds is 4. The molecule has 2 aromatic rings. The zero-order valence-corrected chi connectivity index (χ0v) is 10.2. The molecule has 2 rings (SSSR count). The molecule has 0 saturated heterocycles. The maximum Gasteiger partial charge on any atom is 0.307 e. The van der Waals surface area contributed by atoms with Gasteiger partial charge in [-0.3, -0.25) is 4.79 Å². The second-order valence-electron chi connectivity index (χ2n) is 4.21. The molecule has 0 bridgehead atoms. The molecule has 0 aliphatic rings. The molecule has 3 heteroatoms. The van der Waals surface area contributed by atoms with Crippen molar-refractivity contribution >= 4 is 17.3 Å². The topological polar surface area (TPSA) is 49.3 Å². The van der Waals surface area contributed by atoms with Crippen molar-refractivity contribution in [3.63, 3.8) is 0 Å². The van der Waals surface area contributed by atoms with Crippen LogP contribution in [-0.2, 0) is 11.2 Å². The Morgan fingerprint density at radius 2 is 1.89 bits per heavy atom. The lowest BCUT2D eigenvalue weighted by atomic mass is 10.1. The van der Waals surface area contributed by atoms with Crippen LogP contribution in [0.2, 0.25) is 0 Å². The zero-order chi connectivity index (χ0) is 13.0. The first kappa shape index (κ1) is 12.2. The zero-order valence-electron chi connectivity index (χ0n) is 10.2. The molecule has 2 N–H and O–H groups in total. The number of aryl methyl sites for hydroxylation is 1. The second-order valence-corrected chi connectivity index (χ2v) is 4.21. The number of benzene rings is 2. The van der Waals surface area contributed by atoms with Crippen molar-refractivity contribution in [1.82, 2.24) is 0 Å². The predicted octanol–water partition coefficient (Wildman–Crippen LogP) is 3.37. The lowest BCUT2D eigenvalue weighted by Gasteiger charge is -2.10. The Balaban J connectivity index is 2.17. The summed E-state index contributed by atoms with van der Waals surface area (Å²) in [6.07, 6.45) is 0.0620. The van der Waals surface area contributed by atoms with Crippen molar-refractivity contribution in [2.75, 3.05) is 5.32 Å². The molecule has 0 amide bonds. The largest absolute Gasteiger partial charge is 0.481 e. The Morgan fingerprint density at radius 1 is 1.17 bits per heavy atom. The van der Waals surface area contributed by atoms with Gasteiger partial charge >= 0.3 is 5.97 Å². The van der Waals surface area contributed by atoms with Crippen LogP contribution >= 0.6 is 0 Å². The van der Waals surface area contributed by atoms with Gasteiger partial charge in [0, 0.05) is 11.4 Å². The minimum absolute atomic E-state index is 0.0620. The summed E-state index contributed by atoms with van der Waals surface area (Å²) in [6, 6.07) is 15.5. The molecule has 18 heavy (non-hydrogen) atoms. The molecule has 0 aliphatic carbocycles. The summed E-state index contributed by atoms with van der Waals surface area (Å²) < 4.78 is 0. The third-order valence-corrected chi connectivity index (χ3v) is 2.70. The lowest BCUT2D eigenvalue weighted by molar-refractivity contribution is -0.136. The van der Waals surface area contributed by atoms with E-state index in [1.165, 1.54) is 0 Å². The SMILES string of the molecule is Cc1cc(CC(=O)O)ccc1Nc1ccccc1. The maximum absolute atomic E-state index is 10.6. The highest BCUT2D eigenvalue weighted by molar-refractivity contribution is 5.71. The van der Waals surface area contributed by atoms with Gasteiger partial charge in [0.05, 0.1) is 6.42 Å². The Kier molecular flexibility index (Phi) is 3.63. The second kappa shape index (κ2) is 5.36. The summed E-state index contributed by atoms with van der Waals surface area (Å²) in [4.78, 5) is 10.6. The first-order valence-corrected chi connectivity index (χ1v) is 5.78. The average molecular weight is 241 g/mol. The van der Waals surface area contributed by atoms with Gasteiger partial charge in [-0.15, -0.1) is 0 Å². The smallest absolute Gasteiger partial charge is 0.307 e. The molecular weight excluding hydrogens is 226 g/mol. The standard InChI is InChI=1S/C15H15NO2/c1-11-9-12(10-15(17)18)7-8-14(11)16-13-5-3-2-4-6-13/h2-9,16H,10H2,1H3,(H,17,18). The van der Waals surface area contributed by atoms with Gasteiger partial charge in [-0.25, -0.2) is 0 Å². The van der Waals surface area contributed by atoms with Crippen LogP contribution in [0.5, 0.6) is 0 Å². The fourth-order valence-corrected chi connectivity index (χ4v) is 1.83. The monoisotopic (exact) mass is 241 g/mol. The minimum atomic E-state index is -0.807. The summed E-state index contributed by atoms with van der Waals surface area (Å²) in [5.41, 5.74) is 3.87. The van der Waals surface area contributed by atoms with E-state index in [0.717, 1.165) is 22.5 Å². The van der Waals surface area contributed by atoms with Gasteiger partial charge in [0.2, 0.25) is 0 Å². The normalized spacial score (nSPS) is 10.1. The maximum atomic E-state index is 10.6. The average Bonchev–Trinajstić information content (AvgIpc) is 2.33. The Hall–Kier alpha value is -2.29. The Labute approximate surface area is 106 Å². The van der Waals surface area contributed by atoms with Crippen molar-refractivity contribution < 1.29 is 9.90 Å². The molecule has 0 fully saturated rings. The minimum Gasteiger partial charge on any atom is -0.481 e. The van der Waals surface area contributed by atoms with Gasteiger partial charge in [0.15, 0.2) is 0 Å². The predicted molar refractivity (Wildman–Crippen MR) is 72.2 cm³/mol. The molecule has 92 valence electrons. The summed E-state index contributed by atoms with van der Waals surface area (Å²) in [7, 11) is 0. The van der Waals surface area contributed by atoms with E-state index in [4.69, 9.17) is 5.11 Å². The fourth-order valence-electron chi connectivity index (χ4n) is 1.83. The van der Waals surface area contributed by atoms with Crippen LogP contribution in [0.4, 0.5) is 11.4 Å². The van der Waals surface area contributed by atoms with Crippen molar-refractivity contribution in [1.29, 1.82) is 0 Å². The van der Waals surface area contributed by atoms with Crippen LogP contribution < -0.4 is 5.32 Å². The first-order chi connectivity index (χ1) is 8.65. The molecule has 0 atom stereocenters. The van der Waals surface area contributed by atoms with Crippen molar-refractivity contribution in [2.45, 2.75) is 13.3 Å². The van der Waals surface area contributed by atoms with Crippen molar-refractivity contribution in [3.8, 4) is 0 Å². The van der Waals surface area contributed by atoms with E-state index in [1.54, 1.807) is 0 Å². The third-order valence-electron chi connectivity index (χ3n) is 2.70. The van der Waals surface area contributed by atoms with Crippen LogP contribution in [0.25, 0.3) is 0 Å². The van der Waals surface area contributed by atoms with E-state index >= 15 is 0 Å². The van der Waals surface area contributed by atoms with E-state index in [9.17, 15) is 4.79 Å². The number of carbonyl (C=O) groups is 1. The number of para-hydroxylation sites is 1. The highest BCUT2D eigenvalue weighted by Crippen LogP contribution is 2.21. The van der Waals surface area contributed by atoms with Crippen LogP contribution in [0.1, 0.15) is 11.1 Å². The van der Waals surface area contributed by atoms with Crippen LogP contribution in [0.3, 0.4) is 0 Å². The Morgan fingerprint density at radius 3 is 2.50 bits per heavy atom. The Bertz CT molecular complexity index is 550. The molecular formula is C15H15NO2. The summed E-state index contributed by atoms with van der Waals surface area (Å²) in [5, 5.41) is 12.1. The van der Waals surface area contributed by atoms with Crippen LogP contribution in [0, 0.1) is 6.92 Å². The molecule has 0 aliphatic heterocycles. The van der Waals surface area contributed by atoms with Gasteiger partial charge in [0.1, 0.15) is 0 Å². The molecule has 0 aromatic heterocycles. The van der Waals surface area contributed by atoms with Crippen molar-refractivity contribution in [3.05, 3.63) is 59.7 Å². The van der Waals surface area contributed by atoms with E-state index in [2.05, 4.69) is 5.32 Å². The fraction of sp³-hybridized carbons (Fsp3) is 0.133. The van der Waals surface area contributed by atoms with E-state index in [-0.39, 0.29) is 6.42 Å². The molecule has 3 nitrogen and oxygen atoms in total. The van der Waals surface area contributed by atoms with Crippen molar-refractivity contribution in [2.24, 2.45) is 0 Å². The third kappa shape index (κ3) is 3.10. The number of aliphatic carboxylic acids is 1. The first-order valence-electron chi connectivity index (χ1n) is 5.78. The van der Waals surface area contributed by atoms with Gasteiger partial charge in [-0.05, 0) is 36.2 Å². The van der Waals surface area contributed by atoms with E-state index < -0.39 is 5.97 Å². The molecule has 0 heterocycles. The van der Waals surface area contributed by atoms with Crippen LogP contribution in [0.15, 0.2) is 48.5 Å². The van der Waals surface area contributed by atoms with Gasteiger partial charge in [-0.1, -0.05) is 30.3 Å². The number of hydrogen-bond donors (Lipinski definition) is 2. The summed E-state index contributed by atoms with van der Waals surface area (Å²) in [5.74, 6) is -0.807. The number of carboxylic acid groups (broad SMARTS) is 1. The summed E-state index contributed by atoms with van der Waals surface area (Å²) >= 11 is 0. The van der Waals surface area contributed by atoms with Gasteiger partial charge in [-0.2, -0.15) is 0 Å².